The Morgan fingerprint density at radius 1 is 0.958 bits per heavy atom. The number of nitrogens with one attached hydrogen (secondary N) is 2. The first-order valence-electron chi connectivity index (χ1n) is 7.45. The van der Waals surface area contributed by atoms with Crippen molar-refractivity contribution in [2.75, 3.05) is 17.6 Å². The standard InChI is InChI=1S/C17H21N3O3S/c1-20(24(2,22)23)16-10-6-9-15(11-16)13-19-17(21)18-12-14-7-4-3-5-8-14/h3-11H,12-13H2,1-2H3,(H2,18,19,21). The van der Waals surface area contributed by atoms with Gasteiger partial charge in [0.05, 0.1) is 11.9 Å². The molecule has 0 aliphatic carbocycles. The first kappa shape index (κ1) is 17.8. The van der Waals surface area contributed by atoms with Gasteiger partial charge in [-0.1, -0.05) is 42.5 Å². The van der Waals surface area contributed by atoms with Crippen molar-refractivity contribution in [2.45, 2.75) is 13.1 Å². The molecule has 0 aliphatic rings. The highest BCUT2D eigenvalue weighted by molar-refractivity contribution is 7.92. The molecule has 0 heterocycles. The van der Waals surface area contributed by atoms with Crippen molar-refractivity contribution < 1.29 is 13.2 Å². The molecule has 0 aliphatic heterocycles. The van der Waals surface area contributed by atoms with E-state index in [0.29, 0.717) is 18.8 Å². The van der Waals surface area contributed by atoms with Crippen LogP contribution in [0.3, 0.4) is 0 Å². The number of hydrogen-bond donors (Lipinski definition) is 2. The molecule has 0 radical (unpaired) electrons. The lowest BCUT2D eigenvalue weighted by Crippen LogP contribution is -2.34. The maximum Gasteiger partial charge on any atom is 0.315 e. The zero-order valence-electron chi connectivity index (χ0n) is 13.7. The highest BCUT2D eigenvalue weighted by Crippen LogP contribution is 2.17. The van der Waals surface area contributed by atoms with Gasteiger partial charge in [-0.25, -0.2) is 13.2 Å². The van der Waals surface area contributed by atoms with E-state index < -0.39 is 10.0 Å². The van der Waals surface area contributed by atoms with Crippen LogP contribution in [0.5, 0.6) is 0 Å². The van der Waals surface area contributed by atoms with Crippen LogP contribution in [-0.2, 0) is 23.1 Å². The molecular formula is C17H21N3O3S. The van der Waals surface area contributed by atoms with Gasteiger partial charge in [0.2, 0.25) is 10.0 Å². The number of hydrogen-bond acceptors (Lipinski definition) is 3. The quantitative estimate of drug-likeness (QED) is 0.840. The van der Waals surface area contributed by atoms with Gasteiger partial charge in [0.25, 0.3) is 0 Å². The van der Waals surface area contributed by atoms with Crippen molar-refractivity contribution >= 4 is 21.7 Å². The van der Waals surface area contributed by atoms with Gasteiger partial charge in [-0.15, -0.1) is 0 Å². The molecule has 2 rings (SSSR count). The van der Waals surface area contributed by atoms with E-state index in [0.717, 1.165) is 17.4 Å². The Labute approximate surface area is 142 Å². The van der Waals surface area contributed by atoms with Gasteiger partial charge in [-0.2, -0.15) is 0 Å². The summed E-state index contributed by atoms with van der Waals surface area (Å²) in [7, 11) is -1.82. The van der Waals surface area contributed by atoms with E-state index in [9.17, 15) is 13.2 Å². The third-order valence-corrected chi connectivity index (χ3v) is 4.73. The average molecular weight is 347 g/mol. The summed E-state index contributed by atoms with van der Waals surface area (Å²) in [5.41, 5.74) is 2.39. The lowest BCUT2D eigenvalue weighted by Gasteiger charge is -2.17. The molecular weight excluding hydrogens is 326 g/mol. The van der Waals surface area contributed by atoms with Gasteiger partial charge in [-0.3, -0.25) is 4.31 Å². The molecule has 2 N–H and O–H groups in total. The molecule has 0 aromatic heterocycles. The fourth-order valence-corrected chi connectivity index (χ4v) is 2.57. The summed E-state index contributed by atoms with van der Waals surface area (Å²) in [6.07, 6.45) is 1.15. The van der Waals surface area contributed by atoms with Gasteiger partial charge in [0.1, 0.15) is 0 Å². The average Bonchev–Trinajstić information content (AvgIpc) is 2.58. The van der Waals surface area contributed by atoms with Gasteiger partial charge >= 0.3 is 6.03 Å². The van der Waals surface area contributed by atoms with Crippen LogP contribution in [0.15, 0.2) is 54.6 Å². The van der Waals surface area contributed by atoms with Crippen LogP contribution in [0, 0.1) is 0 Å². The minimum atomic E-state index is -3.31. The van der Waals surface area contributed by atoms with Crippen LogP contribution in [0.1, 0.15) is 11.1 Å². The van der Waals surface area contributed by atoms with E-state index in [1.54, 1.807) is 18.2 Å². The summed E-state index contributed by atoms with van der Waals surface area (Å²) in [5, 5.41) is 5.53. The number of anilines is 1. The van der Waals surface area contributed by atoms with Crippen LogP contribution < -0.4 is 14.9 Å². The van der Waals surface area contributed by atoms with E-state index in [2.05, 4.69) is 10.6 Å². The number of benzene rings is 2. The number of amides is 2. The molecule has 0 atom stereocenters. The largest absolute Gasteiger partial charge is 0.334 e. The molecule has 7 heteroatoms. The molecule has 0 saturated heterocycles. The summed E-state index contributed by atoms with van der Waals surface area (Å²) >= 11 is 0. The molecule has 0 fully saturated rings. The predicted octanol–water partition coefficient (Wildman–Crippen LogP) is 2.08. The van der Waals surface area contributed by atoms with Crippen LogP contribution in [0.2, 0.25) is 0 Å². The maximum atomic E-state index is 11.8. The summed E-state index contributed by atoms with van der Waals surface area (Å²) < 4.78 is 24.4. The van der Waals surface area contributed by atoms with Crippen molar-refractivity contribution in [3.8, 4) is 0 Å². The zero-order chi connectivity index (χ0) is 17.6. The Balaban J connectivity index is 1.89. The second-order valence-corrected chi connectivity index (χ2v) is 7.44. The predicted molar refractivity (Wildman–Crippen MR) is 95.2 cm³/mol. The molecule has 0 spiro atoms. The molecule has 0 unspecified atom stereocenters. The number of urea groups is 1. The first-order valence-corrected chi connectivity index (χ1v) is 9.29. The van der Waals surface area contributed by atoms with Crippen LogP contribution in [0.25, 0.3) is 0 Å². The molecule has 0 saturated carbocycles. The summed E-state index contributed by atoms with van der Waals surface area (Å²) in [6, 6.07) is 16.4. The van der Waals surface area contributed by atoms with Gasteiger partial charge in [0.15, 0.2) is 0 Å². The highest BCUT2D eigenvalue weighted by Gasteiger charge is 2.12. The van der Waals surface area contributed by atoms with Crippen LogP contribution >= 0.6 is 0 Å². The Bertz CT molecular complexity index is 792. The smallest absolute Gasteiger partial charge is 0.315 e. The second-order valence-electron chi connectivity index (χ2n) is 5.42. The molecule has 24 heavy (non-hydrogen) atoms. The van der Waals surface area contributed by atoms with Crippen molar-refractivity contribution in [3.05, 3.63) is 65.7 Å². The van der Waals surface area contributed by atoms with E-state index in [-0.39, 0.29) is 6.03 Å². The number of rotatable bonds is 6. The third kappa shape index (κ3) is 5.27. The lowest BCUT2D eigenvalue weighted by molar-refractivity contribution is 0.240. The molecule has 0 bridgehead atoms. The number of carbonyl (C=O) groups excluding carboxylic acids is 1. The highest BCUT2D eigenvalue weighted by atomic mass is 32.2. The minimum absolute atomic E-state index is 0.277. The topological polar surface area (TPSA) is 78.5 Å². The molecule has 2 aromatic rings. The fourth-order valence-electron chi connectivity index (χ4n) is 2.08. The second kappa shape index (κ2) is 7.83. The third-order valence-electron chi connectivity index (χ3n) is 3.52. The zero-order valence-corrected chi connectivity index (χ0v) is 14.5. The van der Waals surface area contributed by atoms with Crippen molar-refractivity contribution in [1.29, 1.82) is 0 Å². The number of carbonyl (C=O) groups is 1. The van der Waals surface area contributed by atoms with E-state index in [1.807, 2.05) is 36.4 Å². The van der Waals surface area contributed by atoms with E-state index >= 15 is 0 Å². The Morgan fingerprint density at radius 3 is 2.17 bits per heavy atom. The molecule has 2 aromatic carbocycles. The van der Waals surface area contributed by atoms with Gasteiger partial charge < -0.3 is 10.6 Å². The monoisotopic (exact) mass is 347 g/mol. The van der Waals surface area contributed by atoms with Crippen LogP contribution in [0.4, 0.5) is 10.5 Å². The SMILES string of the molecule is CN(c1cccc(CNC(=O)NCc2ccccc2)c1)S(C)(=O)=O. The molecule has 2 amide bonds. The Kier molecular flexibility index (Phi) is 5.81. The fraction of sp³-hybridized carbons (Fsp3) is 0.235. The summed E-state index contributed by atoms with van der Waals surface area (Å²) in [4.78, 5) is 11.8. The summed E-state index contributed by atoms with van der Waals surface area (Å²) in [5.74, 6) is 0. The Hall–Kier alpha value is -2.54. The normalized spacial score (nSPS) is 10.9. The number of nitrogens with zero attached hydrogens (tertiary/aromatic N) is 1. The van der Waals surface area contributed by atoms with Gasteiger partial charge in [-0.05, 0) is 23.3 Å². The first-order chi connectivity index (χ1) is 11.4. The van der Waals surface area contributed by atoms with Crippen molar-refractivity contribution in [2.24, 2.45) is 0 Å². The number of sulfonamides is 1. The van der Waals surface area contributed by atoms with E-state index in [1.165, 1.54) is 11.4 Å². The minimum Gasteiger partial charge on any atom is -0.334 e. The maximum absolute atomic E-state index is 11.8. The van der Waals surface area contributed by atoms with Crippen molar-refractivity contribution in [3.63, 3.8) is 0 Å². The molecule has 128 valence electrons. The van der Waals surface area contributed by atoms with Crippen molar-refractivity contribution in [1.82, 2.24) is 10.6 Å². The van der Waals surface area contributed by atoms with E-state index in [4.69, 9.17) is 0 Å². The molecule has 6 nitrogen and oxygen atoms in total. The lowest BCUT2D eigenvalue weighted by atomic mass is 10.2. The van der Waals surface area contributed by atoms with Gasteiger partial charge in [0, 0.05) is 20.1 Å². The Morgan fingerprint density at radius 2 is 1.54 bits per heavy atom. The summed E-state index contributed by atoms with van der Waals surface area (Å²) in [6.45, 7) is 0.760. The van der Waals surface area contributed by atoms with Crippen LogP contribution in [-0.4, -0.2) is 27.8 Å².